The Morgan fingerprint density at radius 2 is 1.64 bits per heavy atom. The second kappa shape index (κ2) is 7.97. The zero-order valence-electron chi connectivity index (χ0n) is 15.0. The number of carbonyl (C=O) groups is 1. The molecule has 0 saturated heterocycles. The number of likely N-dealkylation sites (N-methyl/N-ethyl adjacent to an activating group) is 1. The predicted octanol–water partition coefficient (Wildman–Crippen LogP) is 3.69. The first-order valence-electron chi connectivity index (χ1n) is 8.98. The number of benzene rings is 2. The van der Waals surface area contributed by atoms with E-state index in [0.717, 1.165) is 42.8 Å². The quantitative estimate of drug-likeness (QED) is 0.660. The van der Waals surface area contributed by atoms with E-state index in [0.29, 0.717) is 6.54 Å². The summed E-state index contributed by atoms with van der Waals surface area (Å²) < 4.78 is 2.08. The Kier molecular flexibility index (Phi) is 5.49. The molecule has 0 spiro atoms. The van der Waals surface area contributed by atoms with Gasteiger partial charge in [-0.2, -0.15) is 0 Å². The summed E-state index contributed by atoms with van der Waals surface area (Å²) in [4.78, 5) is 19.3. The summed E-state index contributed by atoms with van der Waals surface area (Å²) in [5.41, 5.74) is 3.28. The third kappa shape index (κ3) is 3.90. The first-order chi connectivity index (χ1) is 12.2. The van der Waals surface area contributed by atoms with E-state index in [1.807, 2.05) is 49.1 Å². The van der Waals surface area contributed by atoms with Crippen molar-refractivity contribution in [3.8, 4) is 0 Å². The summed E-state index contributed by atoms with van der Waals surface area (Å²) in [5.74, 6) is 1.12. The third-order valence-electron chi connectivity index (χ3n) is 4.62. The van der Waals surface area contributed by atoms with Gasteiger partial charge in [-0.3, -0.25) is 4.79 Å². The van der Waals surface area contributed by atoms with E-state index in [2.05, 4.69) is 28.8 Å². The van der Waals surface area contributed by atoms with E-state index in [9.17, 15) is 4.79 Å². The van der Waals surface area contributed by atoms with E-state index in [1.165, 1.54) is 5.56 Å². The smallest absolute Gasteiger partial charge is 0.242 e. The topological polar surface area (TPSA) is 38.1 Å². The number of hydrogen-bond acceptors (Lipinski definition) is 2. The first kappa shape index (κ1) is 17.2. The van der Waals surface area contributed by atoms with Crippen molar-refractivity contribution < 1.29 is 4.79 Å². The van der Waals surface area contributed by atoms with Crippen LogP contribution in [0.15, 0.2) is 54.6 Å². The molecule has 25 heavy (non-hydrogen) atoms. The molecule has 130 valence electrons. The molecule has 0 radical (unpaired) electrons. The summed E-state index contributed by atoms with van der Waals surface area (Å²) in [6.07, 6.45) is 1.74. The maximum atomic E-state index is 12.6. The number of hydrogen-bond donors (Lipinski definition) is 0. The monoisotopic (exact) mass is 335 g/mol. The Morgan fingerprint density at radius 3 is 2.36 bits per heavy atom. The van der Waals surface area contributed by atoms with Crippen LogP contribution in [0.5, 0.6) is 0 Å². The first-order valence-corrected chi connectivity index (χ1v) is 8.98. The number of carbonyl (C=O) groups excluding carboxylic acids is 1. The molecule has 0 aliphatic rings. The van der Waals surface area contributed by atoms with E-state index in [4.69, 9.17) is 4.98 Å². The van der Waals surface area contributed by atoms with Crippen LogP contribution in [0.3, 0.4) is 0 Å². The fourth-order valence-electron chi connectivity index (χ4n) is 3.21. The van der Waals surface area contributed by atoms with Crippen molar-refractivity contribution in [3.05, 3.63) is 66.0 Å². The minimum absolute atomic E-state index is 0.147. The lowest BCUT2D eigenvalue weighted by atomic mass is 10.1. The number of nitrogens with zero attached hydrogens (tertiary/aromatic N) is 3. The Labute approximate surface area is 149 Å². The number of para-hydroxylation sites is 2. The van der Waals surface area contributed by atoms with Gasteiger partial charge in [0.2, 0.25) is 5.91 Å². The lowest BCUT2D eigenvalue weighted by Gasteiger charge is -2.20. The van der Waals surface area contributed by atoms with E-state index < -0.39 is 0 Å². The molecule has 0 atom stereocenters. The average Bonchev–Trinajstić information content (AvgIpc) is 2.99. The molecule has 0 N–H and O–H groups in total. The number of aromatic nitrogens is 2. The van der Waals surface area contributed by atoms with Gasteiger partial charge in [-0.25, -0.2) is 4.98 Å². The van der Waals surface area contributed by atoms with Gasteiger partial charge in [0, 0.05) is 19.5 Å². The molecule has 0 saturated carbocycles. The molecule has 1 amide bonds. The molecule has 0 fully saturated rings. The highest BCUT2D eigenvalue weighted by atomic mass is 16.2. The second-order valence-corrected chi connectivity index (χ2v) is 6.15. The van der Waals surface area contributed by atoms with Crippen LogP contribution in [0.2, 0.25) is 0 Å². The fraction of sp³-hybridized carbons (Fsp3) is 0.333. The zero-order chi connectivity index (χ0) is 17.6. The highest BCUT2D eigenvalue weighted by Gasteiger charge is 2.16. The molecule has 4 heteroatoms. The van der Waals surface area contributed by atoms with Crippen LogP contribution in [-0.4, -0.2) is 33.4 Å². The third-order valence-corrected chi connectivity index (χ3v) is 4.62. The van der Waals surface area contributed by atoms with E-state index in [1.54, 1.807) is 0 Å². The molecular formula is C21H25N3O. The molecule has 4 nitrogen and oxygen atoms in total. The van der Waals surface area contributed by atoms with Crippen molar-refractivity contribution >= 4 is 16.9 Å². The van der Waals surface area contributed by atoms with Gasteiger partial charge in [-0.05, 0) is 38.0 Å². The molecule has 3 rings (SSSR count). The highest BCUT2D eigenvalue weighted by Crippen LogP contribution is 2.18. The van der Waals surface area contributed by atoms with Gasteiger partial charge >= 0.3 is 0 Å². The molecule has 0 unspecified atom stereocenters. The SMILES string of the molecule is CCN(CC)C(=O)Cn1c(CCc2ccccc2)nc2ccccc21. The van der Waals surface area contributed by atoms with E-state index in [-0.39, 0.29) is 5.91 Å². The molecule has 3 aromatic rings. The van der Waals surface area contributed by atoms with Crippen molar-refractivity contribution in [1.82, 2.24) is 14.5 Å². The van der Waals surface area contributed by atoms with Crippen LogP contribution < -0.4 is 0 Å². The number of aryl methyl sites for hydroxylation is 2. The summed E-state index contributed by atoms with van der Waals surface area (Å²) in [5, 5.41) is 0. The van der Waals surface area contributed by atoms with Crippen LogP contribution in [0.1, 0.15) is 25.2 Å². The standard InChI is InChI=1S/C21H25N3O/c1-3-23(4-2)21(25)16-24-19-13-9-8-12-18(19)22-20(24)15-14-17-10-6-5-7-11-17/h5-13H,3-4,14-16H2,1-2H3. The lowest BCUT2D eigenvalue weighted by Crippen LogP contribution is -2.33. The summed E-state index contributed by atoms with van der Waals surface area (Å²) in [6.45, 7) is 5.86. The predicted molar refractivity (Wildman–Crippen MR) is 102 cm³/mol. The van der Waals surface area contributed by atoms with Crippen molar-refractivity contribution in [2.45, 2.75) is 33.2 Å². The molecule has 2 aromatic carbocycles. The normalized spacial score (nSPS) is 11.0. The fourth-order valence-corrected chi connectivity index (χ4v) is 3.21. The minimum Gasteiger partial charge on any atom is -0.342 e. The summed E-state index contributed by atoms with van der Waals surface area (Å²) in [7, 11) is 0. The van der Waals surface area contributed by atoms with Crippen LogP contribution in [0.25, 0.3) is 11.0 Å². The number of fused-ring (bicyclic) bond motifs is 1. The van der Waals surface area contributed by atoms with Crippen LogP contribution in [0, 0.1) is 0 Å². The highest BCUT2D eigenvalue weighted by molar-refractivity contribution is 5.81. The van der Waals surface area contributed by atoms with Gasteiger partial charge in [0.1, 0.15) is 12.4 Å². The van der Waals surface area contributed by atoms with Gasteiger partial charge in [-0.1, -0.05) is 42.5 Å². The number of rotatable bonds is 7. The maximum absolute atomic E-state index is 12.6. The van der Waals surface area contributed by atoms with Crippen LogP contribution >= 0.6 is 0 Å². The van der Waals surface area contributed by atoms with Gasteiger partial charge < -0.3 is 9.47 Å². The van der Waals surface area contributed by atoms with Crippen LogP contribution in [0.4, 0.5) is 0 Å². The van der Waals surface area contributed by atoms with Gasteiger partial charge in [-0.15, -0.1) is 0 Å². The van der Waals surface area contributed by atoms with Gasteiger partial charge in [0.05, 0.1) is 11.0 Å². The van der Waals surface area contributed by atoms with Crippen molar-refractivity contribution in [2.24, 2.45) is 0 Å². The molecule has 0 bridgehead atoms. The lowest BCUT2D eigenvalue weighted by molar-refractivity contribution is -0.131. The Balaban J connectivity index is 1.88. The van der Waals surface area contributed by atoms with Crippen molar-refractivity contribution in [1.29, 1.82) is 0 Å². The largest absolute Gasteiger partial charge is 0.342 e. The van der Waals surface area contributed by atoms with Crippen LogP contribution in [-0.2, 0) is 24.2 Å². The molecule has 1 aromatic heterocycles. The second-order valence-electron chi connectivity index (χ2n) is 6.15. The molecular weight excluding hydrogens is 310 g/mol. The Hall–Kier alpha value is -2.62. The maximum Gasteiger partial charge on any atom is 0.242 e. The number of imidazole rings is 1. The average molecular weight is 335 g/mol. The summed E-state index contributed by atoms with van der Waals surface area (Å²) >= 11 is 0. The molecule has 0 aliphatic heterocycles. The van der Waals surface area contributed by atoms with Crippen molar-refractivity contribution in [2.75, 3.05) is 13.1 Å². The Bertz CT molecular complexity index is 835. The van der Waals surface area contributed by atoms with E-state index >= 15 is 0 Å². The Morgan fingerprint density at radius 1 is 0.960 bits per heavy atom. The minimum atomic E-state index is 0.147. The summed E-state index contributed by atoms with van der Waals surface area (Å²) in [6, 6.07) is 18.5. The van der Waals surface area contributed by atoms with Gasteiger partial charge in [0.25, 0.3) is 0 Å². The number of amides is 1. The zero-order valence-corrected chi connectivity index (χ0v) is 15.0. The molecule has 0 aliphatic carbocycles. The molecule has 1 heterocycles. The van der Waals surface area contributed by atoms with Gasteiger partial charge in [0.15, 0.2) is 0 Å². The van der Waals surface area contributed by atoms with Crippen molar-refractivity contribution in [3.63, 3.8) is 0 Å².